The fourth-order valence-corrected chi connectivity index (χ4v) is 6.75. The van der Waals surface area contributed by atoms with E-state index in [-0.39, 0.29) is 17.4 Å². The topological polar surface area (TPSA) is 81.8 Å². The average molecular weight is 549 g/mol. The number of piperidine rings is 1. The molecule has 0 aliphatic carbocycles. The van der Waals surface area contributed by atoms with Crippen LogP contribution in [0.25, 0.3) is 0 Å². The van der Waals surface area contributed by atoms with Gasteiger partial charge in [0, 0.05) is 32.6 Å². The molecule has 8 heteroatoms. The Bertz CT molecular complexity index is 1280. The molecule has 3 aromatic carbocycles. The summed E-state index contributed by atoms with van der Waals surface area (Å²) in [4.78, 5) is 14.8. The van der Waals surface area contributed by atoms with Gasteiger partial charge in [0.1, 0.15) is 0 Å². The van der Waals surface area contributed by atoms with Crippen molar-refractivity contribution in [2.24, 2.45) is 0 Å². The molecule has 1 heterocycles. The maximum absolute atomic E-state index is 13.2. The monoisotopic (exact) mass is 548 g/mol. The Labute approximate surface area is 233 Å². The van der Waals surface area contributed by atoms with Gasteiger partial charge in [-0.3, -0.25) is 0 Å². The Balaban J connectivity index is 1.43. The first kappa shape index (κ1) is 28.8. The molecule has 1 fully saturated rings. The molecule has 0 aromatic heterocycles. The summed E-state index contributed by atoms with van der Waals surface area (Å²) in [6, 6.07) is 29.2. The number of hydrogen-bond acceptors (Lipinski definition) is 4. The van der Waals surface area contributed by atoms with Crippen LogP contribution in [-0.4, -0.2) is 70.5 Å². The van der Waals surface area contributed by atoms with E-state index in [0.717, 1.165) is 44.5 Å². The highest BCUT2D eigenvalue weighted by Gasteiger charge is 2.36. The molecule has 7 nitrogen and oxygen atoms in total. The zero-order chi connectivity index (χ0) is 27.7. The van der Waals surface area contributed by atoms with Gasteiger partial charge in [0.2, 0.25) is 10.0 Å². The molecule has 4 rings (SSSR count). The average Bonchev–Trinajstić information content (AvgIpc) is 2.99. The molecule has 3 aromatic rings. The van der Waals surface area contributed by atoms with Crippen LogP contribution in [0.5, 0.6) is 0 Å². The Hall–Kier alpha value is -3.20. The quantitative estimate of drug-likeness (QED) is 0.371. The minimum Gasteiger partial charge on any atom is -0.341 e. The number of nitrogens with one attached hydrogen (secondary N) is 2. The zero-order valence-electron chi connectivity index (χ0n) is 22.9. The zero-order valence-corrected chi connectivity index (χ0v) is 23.7. The second kappa shape index (κ2) is 13.2. The lowest BCUT2D eigenvalue weighted by Crippen LogP contribution is -2.50. The standard InChI is InChI=1S/C31H40N4O3S/c1-32-30(36)33-25-31(28-14-8-4-9-15-28)19-22-35(23-20-31)21-18-27(26-12-6-3-7-13-26)24-34(2)39(37,38)29-16-10-5-11-17-29/h3-17,27H,18-25H2,1-2H3,(H2,32,33,36). The largest absolute Gasteiger partial charge is 0.341 e. The van der Waals surface area contributed by atoms with Crippen molar-refractivity contribution in [2.75, 3.05) is 46.8 Å². The summed E-state index contributed by atoms with van der Waals surface area (Å²) >= 11 is 0. The summed E-state index contributed by atoms with van der Waals surface area (Å²) in [7, 11) is -0.256. The number of carbonyl (C=O) groups is 1. The normalized spacial score (nSPS) is 16.5. The summed E-state index contributed by atoms with van der Waals surface area (Å²) in [6.45, 7) is 3.74. The predicted molar refractivity (Wildman–Crippen MR) is 156 cm³/mol. The maximum atomic E-state index is 13.2. The predicted octanol–water partition coefficient (Wildman–Crippen LogP) is 4.44. The van der Waals surface area contributed by atoms with Gasteiger partial charge in [0.05, 0.1) is 4.90 Å². The number of urea groups is 1. The van der Waals surface area contributed by atoms with E-state index in [1.54, 1.807) is 38.4 Å². The molecule has 208 valence electrons. The minimum absolute atomic E-state index is 0.0745. The third-order valence-electron chi connectivity index (χ3n) is 8.01. The number of sulfonamides is 1. The second-order valence-corrected chi connectivity index (χ2v) is 12.5. The molecule has 0 spiro atoms. The lowest BCUT2D eigenvalue weighted by molar-refractivity contribution is 0.151. The molecule has 0 bridgehead atoms. The van der Waals surface area contributed by atoms with Crippen LogP contribution in [0, 0.1) is 0 Å². The first-order valence-electron chi connectivity index (χ1n) is 13.6. The van der Waals surface area contributed by atoms with Crippen molar-refractivity contribution in [1.82, 2.24) is 19.8 Å². The van der Waals surface area contributed by atoms with Crippen LogP contribution in [0.1, 0.15) is 36.3 Å². The fourth-order valence-electron chi connectivity index (χ4n) is 5.51. The smallest absolute Gasteiger partial charge is 0.314 e. The summed E-state index contributed by atoms with van der Waals surface area (Å²) in [5.74, 6) is 0.0745. The first-order chi connectivity index (χ1) is 18.8. The Morgan fingerprint density at radius 2 is 1.49 bits per heavy atom. The summed E-state index contributed by atoms with van der Waals surface area (Å²) in [5.41, 5.74) is 2.31. The Morgan fingerprint density at radius 1 is 0.923 bits per heavy atom. The number of benzene rings is 3. The summed E-state index contributed by atoms with van der Waals surface area (Å²) in [6.07, 6.45) is 2.74. The van der Waals surface area contributed by atoms with E-state index >= 15 is 0 Å². The maximum Gasteiger partial charge on any atom is 0.314 e. The van der Waals surface area contributed by atoms with E-state index in [2.05, 4.69) is 51.9 Å². The van der Waals surface area contributed by atoms with Crippen molar-refractivity contribution in [3.63, 3.8) is 0 Å². The van der Waals surface area contributed by atoms with E-state index < -0.39 is 10.0 Å². The molecule has 1 aliphatic heterocycles. The van der Waals surface area contributed by atoms with Crippen LogP contribution in [0.3, 0.4) is 0 Å². The Kier molecular flexibility index (Phi) is 9.78. The van der Waals surface area contributed by atoms with Crippen LogP contribution in [0.15, 0.2) is 95.9 Å². The fraction of sp³-hybridized carbons (Fsp3) is 0.387. The highest BCUT2D eigenvalue weighted by molar-refractivity contribution is 7.89. The SMILES string of the molecule is CNC(=O)NCC1(c2ccccc2)CCN(CCC(CN(C)S(=O)(=O)c2ccccc2)c2ccccc2)CC1. The molecule has 1 atom stereocenters. The number of nitrogens with zero attached hydrogens (tertiary/aromatic N) is 2. The molecule has 1 saturated heterocycles. The van der Waals surface area contributed by atoms with Crippen molar-refractivity contribution < 1.29 is 13.2 Å². The number of rotatable bonds is 11. The van der Waals surface area contributed by atoms with E-state index in [1.165, 1.54) is 9.87 Å². The molecule has 0 radical (unpaired) electrons. The van der Waals surface area contributed by atoms with E-state index in [4.69, 9.17) is 0 Å². The molecular formula is C31H40N4O3S. The van der Waals surface area contributed by atoms with E-state index in [9.17, 15) is 13.2 Å². The van der Waals surface area contributed by atoms with E-state index in [1.807, 2.05) is 30.3 Å². The molecular weight excluding hydrogens is 508 g/mol. The molecule has 39 heavy (non-hydrogen) atoms. The van der Waals surface area contributed by atoms with Crippen molar-refractivity contribution in [2.45, 2.75) is 35.5 Å². The van der Waals surface area contributed by atoms with Crippen LogP contribution in [0.4, 0.5) is 4.79 Å². The summed E-state index contributed by atoms with van der Waals surface area (Å²) in [5, 5.41) is 5.71. The van der Waals surface area contributed by atoms with Crippen LogP contribution in [-0.2, 0) is 15.4 Å². The van der Waals surface area contributed by atoms with Crippen LogP contribution < -0.4 is 10.6 Å². The van der Waals surface area contributed by atoms with Crippen molar-refractivity contribution in [3.05, 3.63) is 102 Å². The lowest BCUT2D eigenvalue weighted by atomic mass is 9.72. The van der Waals surface area contributed by atoms with Gasteiger partial charge in [-0.15, -0.1) is 0 Å². The van der Waals surface area contributed by atoms with Gasteiger partial charge in [-0.2, -0.15) is 0 Å². The van der Waals surface area contributed by atoms with E-state index in [0.29, 0.717) is 18.0 Å². The van der Waals surface area contributed by atoms with Crippen molar-refractivity contribution in [3.8, 4) is 0 Å². The molecule has 2 N–H and O–H groups in total. The molecule has 1 unspecified atom stereocenters. The molecule has 2 amide bonds. The summed E-state index contributed by atoms with van der Waals surface area (Å²) < 4.78 is 27.9. The Morgan fingerprint density at radius 3 is 2.08 bits per heavy atom. The number of amides is 2. The second-order valence-electron chi connectivity index (χ2n) is 10.4. The highest BCUT2D eigenvalue weighted by atomic mass is 32.2. The van der Waals surface area contributed by atoms with Gasteiger partial charge < -0.3 is 15.5 Å². The van der Waals surface area contributed by atoms with Gasteiger partial charge in [0.25, 0.3) is 0 Å². The molecule has 1 aliphatic rings. The molecule has 0 saturated carbocycles. The minimum atomic E-state index is -3.57. The van der Waals surface area contributed by atoms with Crippen LogP contribution >= 0.6 is 0 Å². The first-order valence-corrected chi connectivity index (χ1v) is 15.1. The van der Waals surface area contributed by atoms with Crippen LogP contribution in [0.2, 0.25) is 0 Å². The number of likely N-dealkylation sites (tertiary alicyclic amines) is 1. The number of hydrogen-bond donors (Lipinski definition) is 2. The van der Waals surface area contributed by atoms with Crippen molar-refractivity contribution in [1.29, 1.82) is 0 Å². The third kappa shape index (κ3) is 7.26. The number of carbonyl (C=O) groups excluding carboxylic acids is 1. The van der Waals surface area contributed by atoms with Gasteiger partial charge in [0.15, 0.2) is 0 Å². The number of likely N-dealkylation sites (N-methyl/N-ethyl adjacent to an activating group) is 1. The third-order valence-corrected chi connectivity index (χ3v) is 9.84. The van der Waals surface area contributed by atoms with Gasteiger partial charge in [-0.25, -0.2) is 17.5 Å². The van der Waals surface area contributed by atoms with Gasteiger partial charge >= 0.3 is 6.03 Å². The van der Waals surface area contributed by atoms with Gasteiger partial charge in [-0.1, -0.05) is 78.9 Å². The van der Waals surface area contributed by atoms with Gasteiger partial charge in [-0.05, 0) is 68.1 Å². The van der Waals surface area contributed by atoms with Crippen molar-refractivity contribution >= 4 is 16.1 Å². The highest BCUT2D eigenvalue weighted by Crippen LogP contribution is 2.35. The lowest BCUT2D eigenvalue weighted by Gasteiger charge is -2.43.